The summed E-state index contributed by atoms with van der Waals surface area (Å²) in [5.74, 6) is -0.483. The highest BCUT2D eigenvalue weighted by Crippen LogP contribution is 2.19. The van der Waals surface area contributed by atoms with Crippen LogP contribution in [0.5, 0.6) is 0 Å². The van der Waals surface area contributed by atoms with E-state index in [1.54, 1.807) is 0 Å². The number of benzene rings is 1. The second-order valence-electron chi connectivity index (χ2n) is 4.81. The Kier molecular flexibility index (Phi) is 7.81. The molecule has 1 saturated heterocycles. The van der Waals surface area contributed by atoms with E-state index in [2.05, 4.69) is 31.9 Å². The number of ether oxygens (including phenoxy) is 1. The van der Waals surface area contributed by atoms with Crippen molar-refractivity contribution in [3.63, 3.8) is 0 Å². The maximum atomic E-state index is 11.8. The Labute approximate surface area is 143 Å². The highest BCUT2D eigenvalue weighted by atomic mass is 79.9. The van der Waals surface area contributed by atoms with E-state index in [1.807, 2.05) is 25.1 Å². The molecule has 1 fully saturated rings. The van der Waals surface area contributed by atoms with Gasteiger partial charge in [-0.15, -0.1) is 12.4 Å². The van der Waals surface area contributed by atoms with Crippen LogP contribution in [0.1, 0.15) is 5.56 Å². The molecule has 0 aliphatic carbocycles. The van der Waals surface area contributed by atoms with Gasteiger partial charge in [0.2, 0.25) is 11.8 Å². The first-order valence-corrected chi connectivity index (χ1v) is 7.50. The highest BCUT2D eigenvalue weighted by molar-refractivity contribution is 9.10. The minimum atomic E-state index is -0.388. The smallest absolute Gasteiger partial charge is 0.243 e. The SMILES string of the molecule is Cc1cc(Br)ccc1NC(=O)CNC(=O)C1COCCN1.Cl. The molecule has 6 nitrogen and oxygen atoms in total. The van der Waals surface area contributed by atoms with E-state index >= 15 is 0 Å². The fourth-order valence-corrected chi connectivity index (χ4v) is 2.46. The molecular formula is C14H19BrClN3O3. The van der Waals surface area contributed by atoms with Crippen molar-refractivity contribution in [2.75, 3.05) is 31.6 Å². The Morgan fingerprint density at radius 1 is 1.45 bits per heavy atom. The first-order valence-electron chi connectivity index (χ1n) is 6.71. The molecule has 0 aromatic heterocycles. The number of morpholine rings is 1. The van der Waals surface area contributed by atoms with Gasteiger partial charge in [-0.2, -0.15) is 0 Å². The van der Waals surface area contributed by atoms with Crippen molar-refractivity contribution in [1.82, 2.24) is 10.6 Å². The van der Waals surface area contributed by atoms with Crippen molar-refractivity contribution in [3.05, 3.63) is 28.2 Å². The van der Waals surface area contributed by atoms with E-state index < -0.39 is 0 Å². The average Bonchev–Trinajstić information content (AvgIpc) is 2.48. The normalized spacial score (nSPS) is 17.3. The first-order chi connectivity index (χ1) is 10.1. The number of halogens is 2. The molecule has 0 spiro atoms. The molecule has 1 unspecified atom stereocenters. The molecule has 1 aliphatic heterocycles. The second kappa shape index (κ2) is 9.09. The van der Waals surface area contributed by atoms with Gasteiger partial charge >= 0.3 is 0 Å². The summed E-state index contributed by atoms with van der Waals surface area (Å²) in [7, 11) is 0. The number of carbonyl (C=O) groups is 2. The van der Waals surface area contributed by atoms with Gasteiger partial charge in [0.1, 0.15) is 6.04 Å². The fourth-order valence-electron chi connectivity index (χ4n) is 1.99. The lowest BCUT2D eigenvalue weighted by molar-refractivity contribution is -0.128. The number of hydrogen-bond acceptors (Lipinski definition) is 4. The standard InChI is InChI=1S/C14H18BrN3O3.ClH/c1-9-6-10(15)2-3-11(9)18-13(19)7-17-14(20)12-8-21-5-4-16-12;/h2-3,6,12,16H,4-5,7-8H2,1H3,(H,17,20)(H,18,19);1H. The largest absolute Gasteiger partial charge is 0.378 e. The average molecular weight is 393 g/mol. The van der Waals surface area contributed by atoms with Gasteiger partial charge in [-0.05, 0) is 30.7 Å². The summed E-state index contributed by atoms with van der Waals surface area (Å²) in [5.41, 5.74) is 1.68. The molecule has 2 rings (SSSR count). The van der Waals surface area contributed by atoms with E-state index in [0.29, 0.717) is 19.8 Å². The summed E-state index contributed by atoms with van der Waals surface area (Å²) < 4.78 is 6.16. The summed E-state index contributed by atoms with van der Waals surface area (Å²) in [6, 6.07) is 5.19. The maximum absolute atomic E-state index is 11.8. The number of carbonyl (C=O) groups excluding carboxylic acids is 2. The van der Waals surface area contributed by atoms with Crippen LogP contribution in [0.2, 0.25) is 0 Å². The summed E-state index contributed by atoms with van der Waals surface area (Å²) in [6.07, 6.45) is 0. The van der Waals surface area contributed by atoms with Crippen LogP contribution in [0.4, 0.5) is 5.69 Å². The number of aryl methyl sites for hydroxylation is 1. The molecule has 1 atom stereocenters. The molecule has 22 heavy (non-hydrogen) atoms. The number of hydrogen-bond donors (Lipinski definition) is 3. The number of amides is 2. The molecule has 0 bridgehead atoms. The van der Waals surface area contributed by atoms with Crippen LogP contribution >= 0.6 is 28.3 Å². The van der Waals surface area contributed by atoms with Crippen molar-refractivity contribution in [2.45, 2.75) is 13.0 Å². The number of nitrogens with one attached hydrogen (secondary N) is 3. The third-order valence-electron chi connectivity index (χ3n) is 3.12. The van der Waals surface area contributed by atoms with E-state index in [0.717, 1.165) is 15.7 Å². The number of anilines is 1. The molecule has 1 heterocycles. The zero-order valence-corrected chi connectivity index (χ0v) is 14.6. The summed E-state index contributed by atoms with van der Waals surface area (Å²) in [6.45, 7) is 3.42. The van der Waals surface area contributed by atoms with Crippen LogP contribution in [0.3, 0.4) is 0 Å². The first kappa shape index (κ1) is 18.9. The Morgan fingerprint density at radius 2 is 2.23 bits per heavy atom. The van der Waals surface area contributed by atoms with Crippen LogP contribution in [0, 0.1) is 6.92 Å². The zero-order valence-electron chi connectivity index (χ0n) is 12.1. The van der Waals surface area contributed by atoms with E-state index in [1.165, 1.54) is 0 Å². The Bertz CT molecular complexity index is 536. The lowest BCUT2D eigenvalue weighted by Gasteiger charge is -2.22. The molecule has 122 valence electrons. The molecule has 1 aromatic rings. The van der Waals surface area contributed by atoms with Crippen LogP contribution in [0.15, 0.2) is 22.7 Å². The molecule has 3 N–H and O–H groups in total. The Hall–Kier alpha value is -1.15. The minimum Gasteiger partial charge on any atom is -0.378 e. The maximum Gasteiger partial charge on any atom is 0.243 e. The van der Waals surface area contributed by atoms with Gasteiger partial charge in [-0.25, -0.2) is 0 Å². The lowest BCUT2D eigenvalue weighted by Crippen LogP contribution is -2.52. The Balaban J connectivity index is 0.00000242. The molecule has 0 radical (unpaired) electrons. The van der Waals surface area contributed by atoms with Crippen molar-refractivity contribution >= 4 is 45.8 Å². The fraction of sp³-hybridized carbons (Fsp3) is 0.429. The van der Waals surface area contributed by atoms with E-state index in [4.69, 9.17) is 4.74 Å². The van der Waals surface area contributed by atoms with E-state index in [9.17, 15) is 9.59 Å². The van der Waals surface area contributed by atoms with Crippen molar-refractivity contribution < 1.29 is 14.3 Å². The van der Waals surface area contributed by atoms with Crippen molar-refractivity contribution in [1.29, 1.82) is 0 Å². The molecule has 0 saturated carbocycles. The number of rotatable bonds is 4. The van der Waals surface area contributed by atoms with Crippen LogP contribution in [-0.4, -0.2) is 44.2 Å². The molecule has 1 aromatic carbocycles. The van der Waals surface area contributed by atoms with Gasteiger partial charge in [-0.1, -0.05) is 15.9 Å². The predicted octanol–water partition coefficient (Wildman–Crippen LogP) is 1.22. The highest BCUT2D eigenvalue weighted by Gasteiger charge is 2.21. The van der Waals surface area contributed by atoms with Gasteiger partial charge in [0.25, 0.3) is 0 Å². The van der Waals surface area contributed by atoms with Crippen LogP contribution < -0.4 is 16.0 Å². The van der Waals surface area contributed by atoms with Crippen molar-refractivity contribution in [3.8, 4) is 0 Å². The summed E-state index contributed by atoms with van der Waals surface area (Å²) in [5, 5.41) is 8.40. The quantitative estimate of drug-likeness (QED) is 0.720. The van der Waals surface area contributed by atoms with Crippen LogP contribution in [-0.2, 0) is 14.3 Å². The molecule has 1 aliphatic rings. The van der Waals surface area contributed by atoms with Crippen molar-refractivity contribution in [2.24, 2.45) is 0 Å². The van der Waals surface area contributed by atoms with Crippen LogP contribution in [0.25, 0.3) is 0 Å². The summed E-state index contributed by atoms with van der Waals surface area (Å²) >= 11 is 3.37. The zero-order chi connectivity index (χ0) is 15.2. The predicted molar refractivity (Wildman–Crippen MR) is 90.4 cm³/mol. The van der Waals surface area contributed by atoms with E-state index in [-0.39, 0.29) is 36.8 Å². The lowest BCUT2D eigenvalue weighted by atomic mass is 10.2. The second-order valence-corrected chi connectivity index (χ2v) is 5.72. The minimum absolute atomic E-state index is 0. The van der Waals surface area contributed by atoms with Gasteiger partial charge < -0.3 is 20.7 Å². The third-order valence-corrected chi connectivity index (χ3v) is 3.62. The topological polar surface area (TPSA) is 79.5 Å². The van der Waals surface area contributed by atoms with Gasteiger partial charge in [0.15, 0.2) is 0 Å². The third kappa shape index (κ3) is 5.57. The molecule has 8 heteroatoms. The molecular weight excluding hydrogens is 374 g/mol. The van der Waals surface area contributed by atoms with Gasteiger partial charge in [-0.3, -0.25) is 9.59 Å². The van der Waals surface area contributed by atoms with Gasteiger partial charge in [0, 0.05) is 16.7 Å². The van der Waals surface area contributed by atoms with Gasteiger partial charge in [0.05, 0.1) is 19.8 Å². The summed E-state index contributed by atoms with van der Waals surface area (Å²) in [4.78, 5) is 23.7. The molecule has 2 amide bonds. The monoisotopic (exact) mass is 391 g/mol. The Morgan fingerprint density at radius 3 is 2.86 bits per heavy atom.